The molecule has 0 aliphatic heterocycles. The van der Waals surface area contributed by atoms with E-state index < -0.39 is 0 Å². The third-order valence-corrected chi connectivity index (χ3v) is 2.32. The van der Waals surface area contributed by atoms with E-state index in [2.05, 4.69) is 4.89 Å². The average Bonchev–Trinajstić information content (AvgIpc) is 2.30. The lowest BCUT2D eigenvalue weighted by Gasteiger charge is -2.07. The van der Waals surface area contributed by atoms with Crippen LogP contribution in [0.1, 0.15) is 5.56 Å². The molecule has 0 saturated carbocycles. The van der Waals surface area contributed by atoms with Gasteiger partial charge in [-0.15, -0.1) is 0 Å². The van der Waals surface area contributed by atoms with Gasteiger partial charge in [0.05, 0.1) is 0 Å². The minimum absolute atomic E-state index is 0.479. The van der Waals surface area contributed by atoms with Crippen molar-refractivity contribution in [2.75, 3.05) is 0 Å². The quantitative estimate of drug-likeness (QED) is 0.593. The van der Waals surface area contributed by atoms with Gasteiger partial charge in [-0.3, -0.25) is 0 Å². The highest BCUT2D eigenvalue weighted by molar-refractivity contribution is 5.70. The Morgan fingerprint density at radius 3 is 2.40 bits per heavy atom. The topological polar surface area (TPSA) is 29.5 Å². The highest BCUT2D eigenvalue weighted by Crippen LogP contribution is 2.30. The lowest BCUT2D eigenvalue weighted by molar-refractivity contribution is -0.137. The summed E-state index contributed by atoms with van der Waals surface area (Å²) in [6.45, 7) is 2.01. The maximum atomic E-state index is 8.77. The third-order valence-electron chi connectivity index (χ3n) is 2.32. The van der Waals surface area contributed by atoms with Gasteiger partial charge in [-0.05, 0) is 24.6 Å². The molecule has 0 aliphatic rings. The fourth-order valence-corrected chi connectivity index (χ4v) is 1.57. The van der Waals surface area contributed by atoms with Gasteiger partial charge in [0.1, 0.15) is 0 Å². The molecule has 0 aliphatic carbocycles. The number of hydrogen-bond donors (Lipinski definition) is 1. The van der Waals surface area contributed by atoms with Crippen LogP contribution in [0.5, 0.6) is 5.75 Å². The second kappa shape index (κ2) is 4.15. The van der Waals surface area contributed by atoms with E-state index in [1.54, 1.807) is 6.07 Å². The number of rotatable bonds is 2. The van der Waals surface area contributed by atoms with Crippen molar-refractivity contribution in [2.45, 2.75) is 6.92 Å². The zero-order valence-corrected chi connectivity index (χ0v) is 8.47. The minimum atomic E-state index is 0.479. The molecule has 2 aromatic carbocycles. The van der Waals surface area contributed by atoms with Crippen LogP contribution in [-0.2, 0) is 0 Å². The summed E-state index contributed by atoms with van der Waals surface area (Å²) >= 11 is 0. The van der Waals surface area contributed by atoms with Crippen LogP contribution in [0.2, 0.25) is 0 Å². The summed E-state index contributed by atoms with van der Waals surface area (Å²) in [7, 11) is 0. The van der Waals surface area contributed by atoms with Crippen molar-refractivity contribution in [1.29, 1.82) is 0 Å². The molecule has 0 bridgehead atoms. The smallest absolute Gasteiger partial charge is 0.172 e. The molecule has 0 aromatic heterocycles. The molecule has 0 fully saturated rings. The molecule has 2 nitrogen and oxygen atoms in total. The Balaban J connectivity index is 2.56. The molecular weight excluding hydrogens is 188 g/mol. The van der Waals surface area contributed by atoms with Crippen LogP contribution in [0.15, 0.2) is 48.5 Å². The lowest BCUT2D eigenvalue weighted by Crippen LogP contribution is -1.89. The van der Waals surface area contributed by atoms with Gasteiger partial charge in [-0.25, -0.2) is 5.26 Å². The first-order chi connectivity index (χ1) is 7.31. The summed E-state index contributed by atoms with van der Waals surface area (Å²) in [6.07, 6.45) is 0. The minimum Gasteiger partial charge on any atom is -0.340 e. The molecule has 76 valence electrons. The summed E-state index contributed by atoms with van der Waals surface area (Å²) in [5.74, 6) is 0.479. The Morgan fingerprint density at radius 1 is 1.00 bits per heavy atom. The summed E-state index contributed by atoms with van der Waals surface area (Å²) in [6, 6.07) is 15.5. The van der Waals surface area contributed by atoms with Crippen LogP contribution in [0.3, 0.4) is 0 Å². The highest BCUT2D eigenvalue weighted by Gasteiger charge is 2.05. The summed E-state index contributed by atoms with van der Waals surface area (Å²) in [5.41, 5.74) is 3.07. The molecule has 0 spiro atoms. The molecule has 0 heterocycles. The first-order valence-corrected chi connectivity index (χ1v) is 4.79. The summed E-state index contributed by atoms with van der Waals surface area (Å²) in [4.78, 5) is 4.35. The molecule has 0 saturated heterocycles. The van der Waals surface area contributed by atoms with Gasteiger partial charge in [0.2, 0.25) is 0 Å². The average molecular weight is 200 g/mol. The maximum Gasteiger partial charge on any atom is 0.172 e. The van der Waals surface area contributed by atoms with Crippen molar-refractivity contribution in [3.8, 4) is 16.9 Å². The van der Waals surface area contributed by atoms with Crippen LogP contribution in [0.25, 0.3) is 11.1 Å². The number of hydrogen-bond acceptors (Lipinski definition) is 2. The van der Waals surface area contributed by atoms with Gasteiger partial charge in [0.15, 0.2) is 5.75 Å². The molecule has 0 radical (unpaired) electrons. The van der Waals surface area contributed by atoms with E-state index >= 15 is 0 Å². The van der Waals surface area contributed by atoms with Crippen LogP contribution in [0.4, 0.5) is 0 Å². The van der Waals surface area contributed by atoms with Crippen molar-refractivity contribution in [2.24, 2.45) is 0 Å². The third kappa shape index (κ3) is 2.00. The van der Waals surface area contributed by atoms with E-state index in [9.17, 15) is 0 Å². The molecule has 2 aromatic rings. The Morgan fingerprint density at radius 2 is 1.73 bits per heavy atom. The predicted molar refractivity (Wildman–Crippen MR) is 59.9 cm³/mol. The molecule has 15 heavy (non-hydrogen) atoms. The van der Waals surface area contributed by atoms with Gasteiger partial charge in [-0.1, -0.05) is 42.0 Å². The van der Waals surface area contributed by atoms with Crippen LogP contribution in [0, 0.1) is 6.92 Å². The molecule has 0 amide bonds. The van der Waals surface area contributed by atoms with E-state index in [-0.39, 0.29) is 0 Å². The van der Waals surface area contributed by atoms with Gasteiger partial charge < -0.3 is 4.89 Å². The van der Waals surface area contributed by atoms with Crippen molar-refractivity contribution < 1.29 is 10.1 Å². The fraction of sp³-hybridized carbons (Fsp3) is 0.0769. The normalized spacial score (nSPS) is 10.0. The molecule has 2 heteroatoms. The van der Waals surface area contributed by atoms with Gasteiger partial charge in [-0.2, -0.15) is 0 Å². The molecule has 1 N–H and O–H groups in total. The van der Waals surface area contributed by atoms with Crippen LogP contribution >= 0.6 is 0 Å². The van der Waals surface area contributed by atoms with Crippen molar-refractivity contribution in [3.63, 3.8) is 0 Å². The second-order valence-electron chi connectivity index (χ2n) is 3.46. The van der Waals surface area contributed by atoms with E-state index in [0.29, 0.717) is 5.75 Å². The monoisotopic (exact) mass is 200 g/mol. The zero-order valence-electron chi connectivity index (χ0n) is 8.47. The highest BCUT2D eigenvalue weighted by atomic mass is 17.1. The first kappa shape index (κ1) is 9.74. The van der Waals surface area contributed by atoms with E-state index in [1.165, 1.54) is 0 Å². The molecule has 0 unspecified atom stereocenters. The summed E-state index contributed by atoms with van der Waals surface area (Å²) in [5, 5.41) is 8.77. The second-order valence-corrected chi connectivity index (χ2v) is 3.46. The largest absolute Gasteiger partial charge is 0.340 e. The lowest BCUT2D eigenvalue weighted by atomic mass is 10.0. The Hall–Kier alpha value is -1.80. The Bertz CT molecular complexity index is 449. The van der Waals surface area contributed by atoms with E-state index in [4.69, 9.17) is 5.26 Å². The van der Waals surface area contributed by atoms with E-state index in [1.807, 2.05) is 49.4 Å². The Kier molecular flexibility index (Phi) is 2.70. The van der Waals surface area contributed by atoms with Gasteiger partial charge in [0.25, 0.3) is 0 Å². The van der Waals surface area contributed by atoms with Crippen LogP contribution < -0.4 is 4.89 Å². The van der Waals surface area contributed by atoms with Crippen molar-refractivity contribution in [3.05, 3.63) is 54.1 Å². The number of benzene rings is 2. The van der Waals surface area contributed by atoms with Crippen molar-refractivity contribution in [1.82, 2.24) is 0 Å². The van der Waals surface area contributed by atoms with E-state index in [0.717, 1.165) is 16.7 Å². The fourth-order valence-electron chi connectivity index (χ4n) is 1.57. The maximum absolute atomic E-state index is 8.77. The molecule has 0 atom stereocenters. The Labute approximate surface area is 88.7 Å². The standard InChI is InChI=1S/C13H12O2/c1-10-7-8-13(15-14)12(9-10)11-5-3-2-4-6-11/h2-9,14H,1H3. The first-order valence-electron chi connectivity index (χ1n) is 4.79. The van der Waals surface area contributed by atoms with Gasteiger partial charge >= 0.3 is 0 Å². The van der Waals surface area contributed by atoms with Gasteiger partial charge in [0, 0.05) is 5.56 Å². The van der Waals surface area contributed by atoms with Crippen molar-refractivity contribution >= 4 is 0 Å². The van der Waals surface area contributed by atoms with Crippen LogP contribution in [-0.4, -0.2) is 5.26 Å². The molecular formula is C13H12O2. The summed E-state index contributed by atoms with van der Waals surface area (Å²) < 4.78 is 0. The zero-order chi connectivity index (χ0) is 10.7. The molecule has 2 rings (SSSR count). The number of aryl methyl sites for hydroxylation is 1. The SMILES string of the molecule is Cc1ccc(OO)c(-c2ccccc2)c1. The predicted octanol–water partition coefficient (Wildman–Crippen LogP) is 3.51.